The van der Waals surface area contributed by atoms with Crippen LogP contribution in [0.15, 0.2) is 30.6 Å². The summed E-state index contributed by atoms with van der Waals surface area (Å²) in [6.45, 7) is 7.08. The van der Waals surface area contributed by atoms with Gasteiger partial charge in [-0.2, -0.15) is 0 Å². The van der Waals surface area contributed by atoms with Crippen LogP contribution in [0.2, 0.25) is 0 Å². The van der Waals surface area contributed by atoms with Crippen molar-refractivity contribution >= 4 is 22.1 Å². The van der Waals surface area contributed by atoms with Gasteiger partial charge in [0.05, 0.1) is 5.60 Å². The standard InChI is InChI=1S/C15H21N3O/c1-4-18(10-15(2,3)19)14-6-5-13(16)11-7-8-17-9-12(11)14/h5-9,19H,4,10,16H2,1-3H3. The molecule has 1 aromatic carbocycles. The number of anilines is 2. The lowest BCUT2D eigenvalue weighted by Gasteiger charge is -2.30. The number of aromatic nitrogens is 1. The maximum atomic E-state index is 10.0. The van der Waals surface area contributed by atoms with Gasteiger partial charge in [0.1, 0.15) is 0 Å². The number of hydrogen-bond donors (Lipinski definition) is 2. The van der Waals surface area contributed by atoms with Crippen LogP contribution in [0, 0.1) is 0 Å². The fraction of sp³-hybridized carbons (Fsp3) is 0.400. The van der Waals surface area contributed by atoms with Crippen LogP contribution < -0.4 is 10.6 Å². The molecule has 1 heterocycles. The van der Waals surface area contributed by atoms with E-state index < -0.39 is 5.60 Å². The summed E-state index contributed by atoms with van der Waals surface area (Å²) in [7, 11) is 0. The minimum absolute atomic E-state index is 0.567. The molecule has 0 aliphatic rings. The maximum absolute atomic E-state index is 10.0. The van der Waals surface area contributed by atoms with E-state index in [-0.39, 0.29) is 0 Å². The summed E-state index contributed by atoms with van der Waals surface area (Å²) in [6.07, 6.45) is 3.57. The van der Waals surface area contributed by atoms with E-state index in [1.807, 2.05) is 38.2 Å². The number of likely N-dealkylation sites (N-methyl/N-ethyl adjacent to an activating group) is 1. The molecule has 0 aliphatic heterocycles. The quantitative estimate of drug-likeness (QED) is 0.828. The number of pyridine rings is 1. The van der Waals surface area contributed by atoms with Gasteiger partial charge in [-0.25, -0.2) is 0 Å². The fourth-order valence-electron chi connectivity index (χ4n) is 2.31. The van der Waals surface area contributed by atoms with E-state index in [4.69, 9.17) is 5.73 Å². The van der Waals surface area contributed by atoms with Crippen LogP contribution in [0.4, 0.5) is 11.4 Å². The molecule has 2 rings (SSSR count). The van der Waals surface area contributed by atoms with E-state index in [1.54, 1.807) is 6.20 Å². The molecular weight excluding hydrogens is 238 g/mol. The van der Waals surface area contributed by atoms with Crippen molar-refractivity contribution in [3.63, 3.8) is 0 Å². The Morgan fingerprint density at radius 2 is 2.00 bits per heavy atom. The van der Waals surface area contributed by atoms with Crippen molar-refractivity contribution in [1.82, 2.24) is 4.98 Å². The van der Waals surface area contributed by atoms with Gasteiger partial charge in [0, 0.05) is 47.6 Å². The number of aliphatic hydroxyl groups is 1. The zero-order chi connectivity index (χ0) is 14.0. The number of nitrogens with two attached hydrogens (primary N) is 1. The topological polar surface area (TPSA) is 62.4 Å². The second kappa shape index (κ2) is 5.05. The minimum atomic E-state index is -0.744. The summed E-state index contributed by atoms with van der Waals surface area (Å²) < 4.78 is 0. The first-order valence-electron chi connectivity index (χ1n) is 6.52. The molecule has 2 aromatic rings. The van der Waals surface area contributed by atoms with Crippen molar-refractivity contribution in [2.24, 2.45) is 0 Å². The van der Waals surface area contributed by atoms with E-state index >= 15 is 0 Å². The highest BCUT2D eigenvalue weighted by molar-refractivity contribution is 6.00. The monoisotopic (exact) mass is 259 g/mol. The first kappa shape index (κ1) is 13.6. The molecule has 102 valence electrons. The number of rotatable bonds is 4. The SMILES string of the molecule is CCN(CC(C)(C)O)c1ccc(N)c2ccncc12. The minimum Gasteiger partial charge on any atom is -0.398 e. The van der Waals surface area contributed by atoms with Crippen LogP contribution >= 0.6 is 0 Å². The third-order valence-electron chi connectivity index (χ3n) is 3.13. The third-order valence-corrected chi connectivity index (χ3v) is 3.13. The number of fused-ring (bicyclic) bond motifs is 1. The molecule has 0 radical (unpaired) electrons. The molecule has 19 heavy (non-hydrogen) atoms. The Morgan fingerprint density at radius 1 is 1.26 bits per heavy atom. The van der Waals surface area contributed by atoms with Gasteiger partial charge in [0.15, 0.2) is 0 Å². The van der Waals surface area contributed by atoms with Crippen molar-refractivity contribution in [1.29, 1.82) is 0 Å². The van der Waals surface area contributed by atoms with E-state index in [0.29, 0.717) is 6.54 Å². The normalized spacial score (nSPS) is 11.8. The van der Waals surface area contributed by atoms with Gasteiger partial charge in [-0.05, 0) is 39.0 Å². The van der Waals surface area contributed by atoms with Crippen molar-refractivity contribution in [3.8, 4) is 0 Å². The average Bonchev–Trinajstić information content (AvgIpc) is 2.36. The van der Waals surface area contributed by atoms with Gasteiger partial charge in [-0.3, -0.25) is 4.98 Å². The lowest BCUT2D eigenvalue weighted by atomic mass is 10.1. The number of hydrogen-bond acceptors (Lipinski definition) is 4. The summed E-state index contributed by atoms with van der Waals surface area (Å²) in [5.74, 6) is 0. The molecule has 4 heteroatoms. The highest BCUT2D eigenvalue weighted by Gasteiger charge is 2.19. The summed E-state index contributed by atoms with van der Waals surface area (Å²) >= 11 is 0. The number of nitrogens with zero attached hydrogens (tertiary/aromatic N) is 2. The van der Waals surface area contributed by atoms with Crippen LogP contribution in [-0.2, 0) is 0 Å². The van der Waals surface area contributed by atoms with Crippen molar-refractivity contribution in [3.05, 3.63) is 30.6 Å². The van der Waals surface area contributed by atoms with E-state index in [1.165, 1.54) is 0 Å². The first-order chi connectivity index (χ1) is 8.92. The zero-order valence-corrected chi connectivity index (χ0v) is 11.7. The van der Waals surface area contributed by atoms with Crippen LogP contribution in [-0.4, -0.2) is 28.8 Å². The molecule has 3 N–H and O–H groups in total. The summed E-state index contributed by atoms with van der Waals surface area (Å²) in [6, 6.07) is 5.82. The fourth-order valence-corrected chi connectivity index (χ4v) is 2.31. The maximum Gasteiger partial charge on any atom is 0.0765 e. The Balaban J connectivity index is 2.52. The Morgan fingerprint density at radius 3 is 2.63 bits per heavy atom. The lowest BCUT2D eigenvalue weighted by Crippen LogP contribution is -2.38. The Bertz CT molecular complexity index is 575. The van der Waals surface area contributed by atoms with Crippen LogP contribution in [0.3, 0.4) is 0 Å². The van der Waals surface area contributed by atoms with Gasteiger partial charge in [-0.15, -0.1) is 0 Å². The molecular formula is C15H21N3O. The van der Waals surface area contributed by atoms with Crippen molar-refractivity contribution < 1.29 is 5.11 Å². The van der Waals surface area contributed by atoms with Gasteiger partial charge in [0.25, 0.3) is 0 Å². The smallest absolute Gasteiger partial charge is 0.0765 e. The number of benzene rings is 1. The third kappa shape index (κ3) is 2.96. The van der Waals surface area contributed by atoms with Crippen LogP contribution in [0.25, 0.3) is 10.8 Å². The van der Waals surface area contributed by atoms with Crippen LogP contribution in [0.5, 0.6) is 0 Å². The number of nitrogen functional groups attached to an aromatic ring is 1. The van der Waals surface area contributed by atoms with Crippen molar-refractivity contribution in [2.45, 2.75) is 26.4 Å². The molecule has 0 saturated carbocycles. The molecule has 0 saturated heterocycles. The van der Waals surface area contributed by atoms with Crippen LogP contribution in [0.1, 0.15) is 20.8 Å². The molecule has 0 spiro atoms. The molecule has 0 aliphatic carbocycles. The van der Waals surface area contributed by atoms with E-state index in [9.17, 15) is 5.11 Å². The first-order valence-corrected chi connectivity index (χ1v) is 6.52. The Kier molecular flexibility index (Phi) is 3.62. The van der Waals surface area contributed by atoms with Gasteiger partial charge in [-0.1, -0.05) is 0 Å². The summed E-state index contributed by atoms with van der Waals surface area (Å²) in [5.41, 5.74) is 7.06. The predicted octanol–water partition coefficient (Wildman–Crippen LogP) is 2.41. The summed E-state index contributed by atoms with van der Waals surface area (Å²) in [4.78, 5) is 6.33. The second-order valence-electron chi connectivity index (χ2n) is 5.42. The Labute approximate surface area is 113 Å². The van der Waals surface area contributed by atoms with Gasteiger partial charge in [0.2, 0.25) is 0 Å². The highest BCUT2D eigenvalue weighted by Crippen LogP contribution is 2.30. The van der Waals surface area contributed by atoms with Gasteiger partial charge >= 0.3 is 0 Å². The molecule has 0 fully saturated rings. The molecule has 0 bridgehead atoms. The van der Waals surface area contributed by atoms with Gasteiger partial charge < -0.3 is 15.7 Å². The van der Waals surface area contributed by atoms with E-state index in [2.05, 4.69) is 16.8 Å². The highest BCUT2D eigenvalue weighted by atomic mass is 16.3. The zero-order valence-electron chi connectivity index (χ0n) is 11.7. The second-order valence-corrected chi connectivity index (χ2v) is 5.42. The molecule has 0 unspecified atom stereocenters. The molecule has 0 amide bonds. The molecule has 4 nitrogen and oxygen atoms in total. The Hall–Kier alpha value is -1.81. The summed E-state index contributed by atoms with van der Waals surface area (Å²) in [5, 5.41) is 12.0. The predicted molar refractivity (Wildman–Crippen MR) is 80.3 cm³/mol. The van der Waals surface area contributed by atoms with E-state index in [0.717, 1.165) is 28.7 Å². The largest absolute Gasteiger partial charge is 0.398 e. The lowest BCUT2D eigenvalue weighted by molar-refractivity contribution is 0.0876. The molecule has 1 aromatic heterocycles. The molecule has 0 atom stereocenters. The average molecular weight is 259 g/mol. The van der Waals surface area contributed by atoms with Crippen molar-refractivity contribution in [2.75, 3.05) is 23.7 Å².